The van der Waals surface area contributed by atoms with Crippen molar-refractivity contribution in [1.29, 1.82) is 0 Å². The van der Waals surface area contributed by atoms with Crippen molar-refractivity contribution < 1.29 is 9.53 Å². The second-order valence-electron chi connectivity index (χ2n) is 5.37. The van der Waals surface area contributed by atoms with Gasteiger partial charge in [-0.25, -0.2) is 4.79 Å². The molecule has 0 saturated carbocycles. The summed E-state index contributed by atoms with van der Waals surface area (Å²) in [5.41, 5.74) is 3.85. The molecule has 0 aliphatic carbocycles. The van der Waals surface area contributed by atoms with E-state index in [-0.39, 0.29) is 6.09 Å². The van der Waals surface area contributed by atoms with Crippen LogP contribution in [0, 0.1) is 6.92 Å². The summed E-state index contributed by atoms with van der Waals surface area (Å²) in [6, 6.07) is 15.5. The summed E-state index contributed by atoms with van der Waals surface area (Å²) < 4.78 is 5.49. The van der Waals surface area contributed by atoms with E-state index in [1.807, 2.05) is 55.5 Å². The van der Waals surface area contributed by atoms with Crippen LogP contribution in [0.1, 0.15) is 11.1 Å². The Morgan fingerprint density at radius 3 is 2.73 bits per heavy atom. The third kappa shape index (κ3) is 1.92. The number of aromatic nitrogens is 1. The van der Waals surface area contributed by atoms with Crippen molar-refractivity contribution in [2.24, 2.45) is 0 Å². The molecule has 4 heteroatoms. The average Bonchev–Trinajstić information content (AvgIpc) is 2.55. The molecule has 0 atom stereocenters. The lowest BCUT2D eigenvalue weighted by atomic mass is 10.1. The molecule has 0 N–H and O–H groups in total. The zero-order chi connectivity index (χ0) is 15.1. The molecular formula is C18H14N2O2. The van der Waals surface area contributed by atoms with Gasteiger partial charge in [0.05, 0.1) is 23.1 Å². The first kappa shape index (κ1) is 12.8. The predicted octanol–water partition coefficient (Wildman–Crippen LogP) is 4.06. The van der Waals surface area contributed by atoms with E-state index in [1.54, 1.807) is 11.1 Å². The summed E-state index contributed by atoms with van der Waals surface area (Å²) >= 11 is 0. The van der Waals surface area contributed by atoms with E-state index in [0.29, 0.717) is 12.3 Å². The summed E-state index contributed by atoms with van der Waals surface area (Å²) in [7, 11) is 0. The number of aryl methyl sites for hydroxylation is 1. The Balaban J connectivity index is 1.88. The van der Waals surface area contributed by atoms with Gasteiger partial charge < -0.3 is 4.74 Å². The molecule has 22 heavy (non-hydrogen) atoms. The van der Waals surface area contributed by atoms with Gasteiger partial charge in [-0.3, -0.25) is 9.88 Å². The summed E-state index contributed by atoms with van der Waals surface area (Å²) in [4.78, 5) is 18.5. The van der Waals surface area contributed by atoms with Crippen LogP contribution in [-0.4, -0.2) is 11.1 Å². The van der Waals surface area contributed by atoms with Crippen LogP contribution in [0.4, 0.5) is 10.5 Å². The number of rotatable bonds is 2. The van der Waals surface area contributed by atoms with Crippen molar-refractivity contribution in [2.75, 3.05) is 4.90 Å². The molecule has 4 nitrogen and oxygen atoms in total. The first-order valence-electron chi connectivity index (χ1n) is 7.15. The Hall–Kier alpha value is -2.88. The van der Waals surface area contributed by atoms with E-state index >= 15 is 0 Å². The number of ether oxygens (including phenoxy) is 1. The topological polar surface area (TPSA) is 42.4 Å². The summed E-state index contributed by atoms with van der Waals surface area (Å²) in [5.74, 6) is 0.581. The SMILES string of the molecule is Cc1ccc2c3c(ccnc13)N(Cc1ccccc1)C(=O)O2. The smallest absolute Gasteiger partial charge is 0.409 e. The number of hydrogen-bond donors (Lipinski definition) is 0. The van der Waals surface area contributed by atoms with Crippen LogP contribution < -0.4 is 9.64 Å². The molecule has 2 aromatic carbocycles. The first-order valence-corrected chi connectivity index (χ1v) is 7.15. The van der Waals surface area contributed by atoms with Crippen LogP contribution in [0.3, 0.4) is 0 Å². The van der Waals surface area contributed by atoms with Crippen LogP contribution in [0.5, 0.6) is 5.75 Å². The van der Waals surface area contributed by atoms with Gasteiger partial charge >= 0.3 is 6.09 Å². The fourth-order valence-corrected chi connectivity index (χ4v) is 2.83. The van der Waals surface area contributed by atoms with E-state index in [4.69, 9.17) is 4.74 Å². The summed E-state index contributed by atoms with van der Waals surface area (Å²) in [5, 5.41) is 0.901. The van der Waals surface area contributed by atoms with Crippen LogP contribution >= 0.6 is 0 Å². The Bertz CT molecular complexity index is 875. The normalized spacial score (nSPS) is 13.3. The number of carbonyl (C=O) groups excluding carboxylic acids is 1. The second kappa shape index (κ2) is 4.84. The number of anilines is 1. The minimum Gasteiger partial charge on any atom is -0.409 e. The average molecular weight is 290 g/mol. The third-order valence-electron chi connectivity index (χ3n) is 3.93. The number of pyridine rings is 1. The molecular weight excluding hydrogens is 276 g/mol. The van der Waals surface area contributed by atoms with Crippen molar-refractivity contribution >= 4 is 22.7 Å². The van der Waals surface area contributed by atoms with Crippen molar-refractivity contribution in [1.82, 2.24) is 4.98 Å². The van der Waals surface area contributed by atoms with E-state index < -0.39 is 0 Å². The van der Waals surface area contributed by atoms with Crippen molar-refractivity contribution in [3.63, 3.8) is 0 Å². The van der Waals surface area contributed by atoms with Gasteiger partial charge in [0.2, 0.25) is 0 Å². The third-order valence-corrected chi connectivity index (χ3v) is 3.93. The van der Waals surface area contributed by atoms with Crippen molar-refractivity contribution in [3.8, 4) is 5.75 Å². The molecule has 0 saturated heterocycles. The number of nitrogens with zero attached hydrogens (tertiary/aromatic N) is 2. The van der Waals surface area contributed by atoms with Crippen LogP contribution in [-0.2, 0) is 6.54 Å². The maximum Gasteiger partial charge on any atom is 0.420 e. The molecule has 1 aliphatic heterocycles. The van der Waals surface area contributed by atoms with Crippen LogP contribution in [0.2, 0.25) is 0 Å². The van der Waals surface area contributed by atoms with Gasteiger partial charge in [0.25, 0.3) is 0 Å². The summed E-state index contributed by atoms with van der Waals surface area (Å²) in [6.45, 7) is 2.49. The largest absolute Gasteiger partial charge is 0.420 e. The molecule has 0 bridgehead atoms. The number of hydrogen-bond acceptors (Lipinski definition) is 3. The Kier molecular flexibility index (Phi) is 2.82. The van der Waals surface area contributed by atoms with Gasteiger partial charge in [0.1, 0.15) is 5.75 Å². The molecule has 1 aliphatic rings. The molecule has 1 amide bonds. The zero-order valence-corrected chi connectivity index (χ0v) is 12.1. The quantitative estimate of drug-likeness (QED) is 0.714. The van der Waals surface area contributed by atoms with E-state index in [2.05, 4.69) is 4.98 Å². The molecule has 2 heterocycles. The zero-order valence-electron chi connectivity index (χ0n) is 12.1. The summed E-state index contributed by atoms with van der Waals surface area (Å²) in [6.07, 6.45) is 1.39. The number of benzene rings is 2. The molecule has 4 rings (SSSR count). The van der Waals surface area contributed by atoms with Gasteiger partial charge in [0.15, 0.2) is 0 Å². The molecule has 0 unspecified atom stereocenters. The van der Waals surface area contributed by atoms with Crippen LogP contribution in [0.15, 0.2) is 54.7 Å². The molecule has 108 valence electrons. The van der Waals surface area contributed by atoms with Gasteiger partial charge in [0, 0.05) is 6.20 Å². The van der Waals surface area contributed by atoms with Gasteiger partial charge in [-0.1, -0.05) is 36.4 Å². The highest BCUT2D eigenvalue weighted by Crippen LogP contribution is 2.39. The lowest BCUT2D eigenvalue weighted by molar-refractivity contribution is 0.206. The Labute approximate surface area is 128 Å². The minimum atomic E-state index is -0.354. The highest BCUT2D eigenvalue weighted by molar-refractivity contribution is 6.08. The van der Waals surface area contributed by atoms with Crippen molar-refractivity contribution in [3.05, 3.63) is 65.9 Å². The first-order chi connectivity index (χ1) is 10.7. The molecule has 0 fully saturated rings. The van der Waals surface area contributed by atoms with Crippen LogP contribution in [0.25, 0.3) is 10.9 Å². The second-order valence-corrected chi connectivity index (χ2v) is 5.37. The highest BCUT2D eigenvalue weighted by Gasteiger charge is 2.28. The molecule has 3 aromatic rings. The molecule has 1 aromatic heterocycles. The maximum atomic E-state index is 12.4. The monoisotopic (exact) mass is 290 g/mol. The fraction of sp³-hybridized carbons (Fsp3) is 0.111. The van der Waals surface area contributed by atoms with E-state index in [1.165, 1.54) is 0 Å². The van der Waals surface area contributed by atoms with Gasteiger partial charge in [-0.05, 0) is 30.2 Å². The van der Waals surface area contributed by atoms with Gasteiger partial charge in [-0.2, -0.15) is 0 Å². The molecule has 0 spiro atoms. The lowest BCUT2D eigenvalue weighted by Crippen LogP contribution is -2.35. The number of amides is 1. The maximum absolute atomic E-state index is 12.4. The minimum absolute atomic E-state index is 0.354. The fourth-order valence-electron chi connectivity index (χ4n) is 2.83. The molecule has 0 radical (unpaired) electrons. The highest BCUT2D eigenvalue weighted by atomic mass is 16.6. The standard InChI is InChI=1S/C18H14N2O2/c1-12-7-8-15-16-14(9-10-19-17(12)16)20(18(21)22-15)11-13-5-3-2-4-6-13/h2-10H,11H2,1H3. The predicted molar refractivity (Wildman–Crippen MR) is 85.1 cm³/mol. The number of carbonyl (C=O) groups is 1. The van der Waals surface area contributed by atoms with E-state index in [9.17, 15) is 4.79 Å². The Morgan fingerprint density at radius 2 is 1.91 bits per heavy atom. The van der Waals surface area contributed by atoms with Crippen molar-refractivity contribution in [2.45, 2.75) is 13.5 Å². The van der Waals surface area contributed by atoms with Gasteiger partial charge in [-0.15, -0.1) is 0 Å². The Morgan fingerprint density at radius 1 is 1.09 bits per heavy atom. The lowest BCUT2D eigenvalue weighted by Gasteiger charge is -2.28. The van der Waals surface area contributed by atoms with E-state index in [0.717, 1.165) is 27.7 Å².